The fourth-order valence-electron chi connectivity index (χ4n) is 2.00. The monoisotopic (exact) mass is 272 g/mol. The van der Waals surface area contributed by atoms with Crippen LogP contribution in [0.1, 0.15) is 5.56 Å². The van der Waals surface area contributed by atoms with E-state index >= 15 is 0 Å². The fourth-order valence-corrected chi connectivity index (χ4v) is 2.13. The summed E-state index contributed by atoms with van der Waals surface area (Å²) >= 11 is 5.78. The van der Waals surface area contributed by atoms with Crippen LogP contribution < -0.4 is 5.73 Å². The van der Waals surface area contributed by atoms with Crippen molar-refractivity contribution in [1.29, 1.82) is 0 Å². The highest BCUT2D eigenvalue weighted by atomic mass is 35.5. The Morgan fingerprint density at radius 1 is 1.39 bits per heavy atom. The summed E-state index contributed by atoms with van der Waals surface area (Å²) in [7, 11) is 0. The van der Waals surface area contributed by atoms with Gasteiger partial charge in [0.1, 0.15) is 0 Å². The molecule has 1 saturated heterocycles. The van der Waals surface area contributed by atoms with Crippen molar-refractivity contribution in [2.75, 3.05) is 26.2 Å². The number of nitrogens with zero attached hydrogens (tertiary/aromatic N) is 1. The van der Waals surface area contributed by atoms with Gasteiger partial charge in [-0.1, -0.05) is 23.7 Å². The van der Waals surface area contributed by atoms with Crippen LogP contribution in [0.15, 0.2) is 24.3 Å². The Labute approximate surface area is 111 Å². The summed E-state index contributed by atoms with van der Waals surface area (Å²) < 4.78 is 5.40. The number of aliphatic hydroxyl groups is 2. The van der Waals surface area contributed by atoms with Crippen molar-refractivity contribution in [1.82, 2.24) is 4.90 Å². The zero-order valence-electron chi connectivity index (χ0n) is 9.92. The molecule has 6 heteroatoms. The first kappa shape index (κ1) is 13.7. The van der Waals surface area contributed by atoms with E-state index in [2.05, 4.69) is 0 Å². The lowest BCUT2D eigenvalue weighted by atomic mass is 10.1. The SMILES string of the molecule is NCC1CN(C(O)(O)c2ccc(Cl)cc2)CCO1. The van der Waals surface area contributed by atoms with Crippen LogP contribution in [0.25, 0.3) is 0 Å². The van der Waals surface area contributed by atoms with E-state index in [0.717, 1.165) is 0 Å². The number of morpholine rings is 1. The van der Waals surface area contributed by atoms with Gasteiger partial charge in [-0.2, -0.15) is 0 Å². The normalized spacial score (nSPS) is 22.1. The maximum absolute atomic E-state index is 10.3. The second-order valence-corrected chi connectivity index (χ2v) is 4.75. The number of ether oxygens (including phenoxy) is 1. The Hall–Kier alpha value is -0.690. The minimum Gasteiger partial charge on any atom is -0.374 e. The fraction of sp³-hybridized carbons (Fsp3) is 0.500. The highest BCUT2D eigenvalue weighted by molar-refractivity contribution is 6.30. The topological polar surface area (TPSA) is 79.0 Å². The first-order chi connectivity index (χ1) is 8.54. The molecule has 1 atom stereocenters. The summed E-state index contributed by atoms with van der Waals surface area (Å²) in [5, 5.41) is 21.1. The molecule has 1 aromatic rings. The zero-order valence-corrected chi connectivity index (χ0v) is 10.7. The van der Waals surface area contributed by atoms with E-state index in [-0.39, 0.29) is 6.10 Å². The van der Waals surface area contributed by atoms with Crippen molar-refractivity contribution in [3.63, 3.8) is 0 Å². The predicted molar refractivity (Wildman–Crippen MR) is 67.9 cm³/mol. The molecule has 0 radical (unpaired) electrons. The smallest absolute Gasteiger partial charge is 0.253 e. The Kier molecular flexibility index (Phi) is 4.21. The van der Waals surface area contributed by atoms with Gasteiger partial charge in [0.2, 0.25) is 0 Å². The van der Waals surface area contributed by atoms with E-state index in [0.29, 0.717) is 36.8 Å². The molecule has 1 aromatic carbocycles. The van der Waals surface area contributed by atoms with Crippen LogP contribution in [0.3, 0.4) is 0 Å². The van der Waals surface area contributed by atoms with Crippen molar-refractivity contribution in [3.8, 4) is 0 Å². The molecule has 1 unspecified atom stereocenters. The quantitative estimate of drug-likeness (QED) is 0.680. The molecule has 1 fully saturated rings. The summed E-state index contributed by atoms with van der Waals surface area (Å²) in [4.78, 5) is 1.54. The molecule has 18 heavy (non-hydrogen) atoms. The third-order valence-electron chi connectivity index (χ3n) is 3.07. The number of hydrogen-bond donors (Lipinski definition) is 3. The van der Waals surface area contributed by atoms with E-state index in [1.54, 1.807) is 24.3 Å². The van der Waals surface area contributed by atoms with Crippen molar-refractivity contribution in [2.45, 2.75) is 12.0 Å². The van der Waals surface area contributed by atoms with E-state index in [1.807, 2.05) is 0 Å². The first-order valence-electron chi connectivity index (χ1n) is 5.81. The van der Waals surface area contributed by atoms with Gasteiger partial charge in [0.05, 0.1) is 12.7 Å². The van der Waals surface area contributed by atoms with Crippen molar-refractivity contribution in [2.24, 2.45) is 5.73 Å². The highest BCUT2D eigenvalue weighted by Gasteiger charge is 2.37. The van der Waals surface area contributed by atoms with Crippen LogP contribution in [-0.4, -0.2) is 47.5 Å². The maximum atomic E-state index is 10.3. The molecule has 4 N–H and O–H groups in total. The van der Waals surface area contributed by atoms with Crippen LogP contribution in [0, 0.1) is 0 Å². The molecule has 1 heterocycles. The molecule has 0 aliphatic carbocycles. The van der Waals surface area contributed by atoms with Crippen molar-refractivity contribution >= 4 is 11.6 Å². The molecule has 2 rings (SSSR count). The summed E-state index contributed by atoms with van der Waals surface area (Å²) in [6.45, 7) is 1.60. The number of hydrogen-bond acceptors (Lipinski definition) is 5. The van der Waals surface area contributed by atoms with Gasteiger partial charge >= 0.3 is 0 Å². The standard InChI is InChI=1S/C12H17ClN2O3/c13-10-3-1-9(2-4-10)12(16,17)15-5-6-18-11(7-14)8-15/h1-4,11,16-17H,5-8,14H2. The third kappa shape index (κ3) is 2.83. The van der Waals surface area contributed by atoms with Gasteiger partial charge in [0.25, 0.3) is 5.91 Å². The predicted octanol–water partition coefficient (Wildman–Crippen LogP) is 0.0944. The lowest BCUT2D eigenvalue weighted by Crippen LogP contribution is -2.55. The Morgan fingerprint density at radius 2 is 2.06 bits per heavy atom. The van der Waals surface area contributed by atoms with Gasteiger partial charge in [-0.15, -0.1) is 0 Å². The molecular formula is C12H17ClN2O3. The van der Waals surface area contributed by atoms with Gasteiger partial charge in [-0.05, 0) is 12.1 Å². The van der Waals surface area contributed by atoms with Gasteiger partial charge < -0.3 is 20.7 Å². The van der Waals surface area contributed by atoms with Gasteiger partial charge in [0.15, 0.2) is 0 Å². The van der Waals surface area contributed by atoms with Crippen LogP contribution in [0.4, 0.5) is 0 Å². The van der Waals surface area contributed by atoms with E-state index in [9.17, 15) is 10.2 Å². The summed E-state index contributed by atoms with van der Waals surface area (Å²) in [6, 6.07) is 6.43. The lowest BCUT2D eigenvalue weighted by molar-refractivity contribution is -0.292. The number of benzene rings is 1. The Balaban J connectivity index is 2.16. The van der Waals surface area contributed by atoms with Gasteiger partial charge in [0, 0.05) is 30.2 Å². The number of rotatable bonds is 3. The maximum Gasteiger partial charge on any atom is 0.253 e. The zero-order chi connectivity index (χ0) is 13.2. The largest absolute Gasteiger partial charge is 0.374 e. The number of nitrogens with two attached hydrogens (primary N) is 1. The Morgan fingerprint density at radius 3 is 2.67 bits per heavy atom. The second kappa shape index (κ2) is 5.52. The van der Waals surface area contributed by atoms with Crippen molar-refractivity contribution in [3.05, 3.63) is 34.9 Å². The van der Waals surface area contributed by atoms with Crippen LogP contribution in [0.5, 0.6) is 0 Å². The minimum atomic E-state index is -2.03. The molecule has 1 aliphatic heterocycles. The Bertz CT molecular complexity index is 397. The molecule has 0 spiro atoms. The van der Waals surface area contributed by atoms with Crippen LogP contribution in [-0.2, 0) is 10.6 Å². The van der Waals surface area contributed by atoms with E-state index in [4.69, 9.17) is 22.1 Å². The number of halogens is 1. The molecule has 0 aromatic heterocycles. The van der Waals surface area contributed by atoms with Crippen molar-refractivity contribution < 1.29 is 14.9 Å². The third-order valence-corrected chi connectivity index (χ3v) is 3.33. The highest BCUT2D eigenvalue weighted by Crippen LogP contribution is 2.26. The molecule has 100 valence electrons. The molecule has 0 bridgehead atoms. The minimum absolute atomic E-state index is 0.176. The molecular weight excluding hydrogens is 256 g/mol. The molecule has 5 nitrogen and oxygen atoms in total. The summed E-state index contributed by atoms with van der Waals surface area (Å²) in [5.41, 5.74) is 5.91. The average Bonchev–Trinajstić information content (AvgIpc) is 2.39. The van der Waals surface area contributed by atoms with E-state index < -0.39 is 5.91 Å². The first-order valence-corrected chi connectivity index (χ1v) is 6.19. The average molecular weight is 273 g/mol. The van der Waals surface area contributed by atoms with Gasteiger partial charge in [-0.3, -0.25) is 0 Å². The summed E-state index contributed by atoms with van der Waals surface area (Å²) in [5.74, 6) is -2.03. The molecule has 0 saturated carbocycles. The second-order valence-electron chi connectivity index (χ2n) is 4.32. The van der Waals surface area contributed by atoms with Crippen LogP contribution in [0.2, 0.25) is 5.02 Å². The van der Waals surface area contributed by atoms with Gasteiger partial charge in [-0.25, -0.2) is 4.90 Å². The molecule has 0 amide bonds. The lowest BCUT2D eigenvalue weighted by Gasteiger charge is -2.40. The van der Waals surface area contributed by atoms with Crippen LogP contribution >= 0.6 is 11.6 Å². The summed E-state index contributed by atoms with van der Waals surface area (Å²) in [6.07, 6.45) is -0.176. The van der Waals surface area contributed by atoms with E-state index in [1.165, 1.54) is 4.90 Å². The molecule has 1 aliphatic rings.